The Balaban J connectivity index is 1.59. The average molecular weight is 498 g/mol. The van der Waals surface area contributed by atoms with E-state index >= 15 is 4.39 Å². The third-order valence-electron chi connectivity index (χ3n) is 6.55. The molecule has 11 heteroatoms. The number of nitrogen functional groups attached to an aromatic ring is 1. The fraction of sp³-hybridized carbons (Fsp3) is 0.292. The van der Waals surface area contributed by atoms with Crippen LogP contribution < -0.4 is 5.73 Å². The van der Waals surface area contributed by atoms with E-state index in [0.717, 1.165) is 11.8 Å². The maximum atomic E-state index is 15.1. The normalized spacial score (nSPS) is 17.5. The lowest BCUT2D eigenvalue weighted by atomic mass is 9.86. The molecular formula is C24H24FN5O4S. The summed E-state index contributed by atoms with van der Waals surface area (Å²) in [6.45, 7) is 3.85. The van der Waals surface area contributed by atoms with Gasteiger partial charge in [-0.2, -0.15) is 0 Å². The molecule has 1 amide bonds. The lowest BCUT2D eigenvalue weighted by Gasteiger charge is -2.41. The zero-order valence-electron chi connectivity index (χ0n) is 19.6. The Hall–Kier alpha value is -3.57. The number of halogens is 1. The van der Waals surface area contributed by atoms with Crippen LogP contribution in [0.2, 0.25) is 0 Å². The number of imidazole rings is 1. The lowest BCUT2D eigenvalue weighted by Crippen LogP contribution is -2.41. The van der Waals surface area contributed by atoms with E-state index in [2.05, 4.69) is 9.97 Å². The van der Waals surface area contributed by atoms with Crippen LogP contribution >= 0.6 is 0 Å². The number of ether oxygens (including phenoxy) is 1. The van der Waals surface area contributed by atoms with Gasteiger partial charge in [-0.25, -0.2) is 22.8 Å². The highest BCUT2D eigenvalue weighted by Gasteiger charge is 2.38. The molecular weight excluding hydrogens is 473 g/mol. The topological polar surface area (TPSA) is 120 Å². The van der Waals surface area contributed by atoms with Crippen LogP contribution in [0.4, 0.5) is 10.2 Å². The third-order valence-corrected chi connectivity index (χ3v) is 7.66. The number of benzene rings is 2. The lowest BCUT2D eigenvalue weighted by molar-refractivity contribution is -0.0613. The first kappa shape index (κ1) is 23.2. The van der Waals surface area contributed by atoms with Crippen LogP contribution in [0.5, 0.6) is 0 Å². The summed E-state index contributed by atoms with van der Waals surface area (Å²) < 4.78 is 47.0. The first-order chi connectivity index (χ1) is 16.4. The molecule has 0 saturated carbocycles. The molecule has 3 heterocycles. The maximum absolute atomic E-state index is 15.1. The number of hydrogen-bond acceptors (Lipinski definition) is 7. The number of aromatic nitrogens is 3. The number of rotatable bonds is 3. The van der Waals surface area contributed by atoms with Crippen LogP contribution in [0.15, 0.2) is 47.8 Å². The molecule has 2 aromatic carbocycles. The number of amides is 1. The van der Waals surface area contributed by atoms with Crippen molar-refractivity contribution in [3.8, 4) is 0 Å². The molecule has 4 aromatic rings. The molecule has 1 aliphatic heterocycles. The molecule has 0 spiro atoms. The number of likely N-dealkylation sites (N-methyl/N-ethyl adjacent to an activating group) is 1. The summed E-state index contributed by atoms with van der Waals surface area (Å²) in [7, 11) is -1.86. The van der Waals surface area contributed by atoms with E-state index in [1.807, 2.05) is 13.8 Å². The van der Waals surface area contributed by atoms with Gasteiger partial charge in [-0.05, 0) is 43.2 Å². The molecule has 0 unspecified atom stereocenters. The van der Waals surface area contributed by atoms with Gasteiger partial charge in [0.2, 0.25) is 0 Å². The second-order valence-corrected chi connectivity index (χ2v) is 11.3. The summed E-state index contributed by atoms with van der Waals surface area (Å²) in [6.07, 6.45) is 4.21. The smallest absolute Gasteiger partial charge is 0.257 e. The van der Waals surface area contributed by atoms with E-state index in [4.69, 9.17) is 10.5 Å². The predicted molar refractivity (Wildman–Crippen MR) is 128 cm³/mol. The Morgan fingerprint density at radius 3 is 2.71 bits per heavy atom. The zero-order chi connectivity index (χ0) is 25.3. The Morgan fingerprint density at radius 1 is 1.26 bits per heavy atom. The van der Waals surface area contributed by atoms with Crippen molar-refractivity contribution < 1.29 is 22.3 Å². The molecule has 1 atom stereocenters. The fourth-order valence-corrected chi connectivity index (χ4v) is 5.19. The minimum absolute atomic E-state index is 0.138. The number of fused-ring (bicyclic) bond motifs is 4. The Morgan fingerprint density at radius 2 is 2.00 bits per heavy atom. The quantitative estimate of drug-likeness (QED) is 0.462. The minimum atomic E-state index is -3.43. The molecule has 35 heavy (non-hydrogen) atoms. The number of nitrogens with zero attached hydrogens (tertiary/aromatic N) is 4. The van der Waals surface area contributed by atoms with Gasteiger partial charge >= 0.3 is 0 Å². The van der Waals surface area contributed by atoms with Crippen LogP contribution in [-0.2, 0) is 20.2 Å². The monoisotopic (exact) mass is 497 g/mol. The van der Waals surface area contributed by atoms with Gasteiger partial charge < -0.3 is 15.4 Å². The second-order valence-electron chi connectivity index (χ2n) is 9.24. The van der Waals surface area contributed by atoms with Crippen LogP contribution in [0.25, 0.3) is 16.6 Å². The summed E-state index contributed by atoms with van der Waals surface area (Å²) in [6, 6.07) is 6.86. The molecule has 9 nitrogen and oxygen atoms in total. The summed E-state index contributed by atoms with van der Waals surface area (Å²) in [5.74, 6) is -1.08. The van der Waals surface area contributed by atoms with E-state index < -0.39 is 33.2 Å². The molecule has 5 rings (SSSR count). The van der Waals surface area contributed by atoms with Gasteiger partial charge in [0, 0.05) is 19.4 Å². The van der Waals surface area contributed by atoms with Crippen molar-refractivity contribution >= 4 is 38.1 Å². The number of anilines is 1. The van der Waals surface area contributed by atoms with Crippen molar-refractivity contribution in [3.05, 3.63) is 65.4 Å². The van der Waals surface area contributed by atoms with E-state index in [0.29, 0.717) is 22.1 Å². The number of hydrogen-bond donors (Lipinski definition) is 1. The minimum Gasteiger partial charge on any atom is -0.382 e. The summed E-state index contributed by atoms with van der Waals surface area (Å²) in [5, 5.41) is 0. The van der Waals surface area contributed by atoms with Crippen molar-refractivity contribution in [2.75, 3.05) is 25.6 Å². The Bertz CT molecular complexity index is 1630. The predicted octanol–water partition coefficient (Wildman–Crippen LogP) is 3.09. The third kappa shape index (κ3) is 3.71. The fourth-order valence-electron chi connectivity index (χ4n) is 4.55. The summed E-state index contributed by atoms with van der Waals surface area (Å²) in [4.78, 5) is 23.4. The van der Waals surface area contributed by atoms with E-state index in [1.54, 1.807) is 29.8 Å². The van der Waals surface area contributed by atoms with Crippen LogP contribution in [0.1, 0.15) is 41.4 Å². The molecule has 1 aliphatic rings. The Labute approximate surface area is 201 Å². The highest BCUT2D eigenvalue weighted by Crippen LogP contribution is 2.40. The second kappa shape index (κ2) is 7.72. The van der Waals surface area contributed by atoms with Gasteiger partial charge in [0.1, 0.15) is 17.2 Å². The molecule has 2 N–H and O–H groups in total. The van der Waals surface area contributed by atoms with Gasteiger partial charge in [0.25, 0.3) is 5.91 Å². The molecule has 0 radical (unpaired) electrons. The molecule has 0 saturated heterocycles. The maximum Gasteiger partial charge on any atom is 0.257 e. The average Bonchev–Trinajstić information content (AvgIpc) is 3.28. The number of sulfone groups is 1. The number of carbonyl (C=O) groups is 1. The first-order valence-electron chi connectivity index (χ1n) is 10.8. The van der Waals surface area contributed by atoms with E-state index in [9.17, 15) is 13.2 Å². The van der Waals surface area contributed by atoms with Gasteiger partial charge in [0.15, 0.2) is 9.84 Å². The van der Waals surface area contributed by atoms with Crippen LogP contribution in [0, 0.1) is 5.82 Å². The highest BCUT2D eigenvalue weighted by molar-refractivity contribution is 7.90. The van der Waals surface area contributed by atoms with Crippen molar-refractivity contribution in [2.24, 2.45) is 0 Å². The molecule has 2 aromatic heterocycles. The molecule has 0 fully saturated rings. The van der Waals surface area contributed by atoms with Gasteiger partial charge in [-0.15, -0.1) is 0 Å². The van der Waals surface area contributed by atoms with Gasteiger partial charge in [-0.3, -0.25) is 9.20 Å². The van der Waals surface area contributed by atoms with Crippen LogP contribution in [-0.4, -0.2) is 53.5 Å². The van der Waals surface area contributed by atoms with Gasteiger partial charge in [-0.1, -0.05) is 6.07 Å². The highest BCUT2D eigenvalue weighted by atomic mass is 32.2. The Kier molecular flexibility index (Phi) is 5.11. The van der Waals surface area contributed by atoms with Crippen molar-refractivity contribution in [3.63, 3.8) is 0 Å². The van der Waals surface area contributed by atoms with Gasteiger partial charge in [0.05, 0.1) is 52.3 Å². The summed E-state index contributed by atoms with van der Waals surface area (Å²) >= 11 is 0. The van der Waals surface area contributed by atoms with Crippen LogP contribution in [0.3, 0.4) is 0 Å². The number of nitrogens with two attached hydrogens (primary N) is 1. The standard InChI is InChI=1S/C24H24FN5O4S/c1-24(2)16-7-13(35(4,32)33)5-6-14(16)21(11-34-24)29(3)23(31)15-8-19-18(9-17(15)25)28-22(26)20-10-27-12-30(19)20/h5-10,12,21H,11H2,1-4H3,(H2,26,28)/t21-/m1/s1. The SMILES string of the molecule is CN(C(=O)c1cc2c(cc1F)nc(N)c1cncn12)[C@@H]1COC(C)(C)c2cc(S(C)(=O)=O)ccc21. The van der Waals surface area contributed by atoms with Crippen molar-refractivity contribution in [2.45, 2.75) is 30.4 Å². The van der Waals surface area contributed by atoms with E-state index in [1.165, 1.54) is 29.4 Å². The van der Waals surface area contributed by atoms with E-state index in [-0.39, 0.29) is 22.9 Å². The summed E-state index contributed by atoms with van der Waals surface area (Å²) in [5.41, 5.74) is 7.79. The number of carbonyl (C=O) groups excluding carboxylic acids is 1. The largest absolute Gasteiger partial charge is 0.382 e. The molecule has 0 bridgehead atoms. The van der Waals surface area contributed by atoms with Crippen molar-refractivity contribution in [1.29, 1.82) is 0 Å². The zero-order valence-corrected chi connectivity index (χ0v) is 20.4. The first-order valence-corrected chi connectivity index (χ1v) is 12.7. The molecule has 0 aliphatic carbocycles. The molecule has 182 valence electrons. The van der Waals surface area contributed by atoms with Crippen molar-refractivity contribution in [1.82, 2.24) is 19.3 Å².